The molecule has 0 saturated carbocycles. The quantitative estimate of drug-likeness (QED) is 0.304. The average Bonchev–Trinajstić information content (AvgIpc) is 3.33. The molecule has 0 aliphatic carbocycles. The Morgan fingerprint density at radius 3 is 2.88 bits per heavy atom. The van der Waals surface area contributed by atoms with E-state index in [0.29, 0.717) is 5.75 Å². The Bertz CT molecular complexity index is 1060. The van der Waals surface area contributed by atoms with E-state index in [1.165, 1.54) is 31.5 Å². The van der Waals surface area contributed by atoms with Crippen LogP contribution in [-0.4, -0.2) is 32.8 Å². The molecule has 0 unspecified atom stereocenters. The fourth-order valence-corrected chi connectivity index (χ4v) is 3.50. The van der Waals surface area contributed by atoms with E-state index in [0.717, 1.165) is 27.3 Å². The van der Waals surface area contributed by atoms with Crippen molar-refractivity contribution in [2.24, 2.45) is 0 Å². The molecule has 4 rings (SSSR count). The van der Waals surface area contributed by atoms with Gasteiger partial charge in [0, 0.05) is 11.3 Å². The molecule has 0 atom stereocenters. The van der Waals surface area contributed by atoms with Crippen LogP contribution in [0.15, 0.2) is 64.6 Å². The smallest absolute Gasteiger partial charge is 0.374 e. The first kappa shape index (κ1) is 16.3. The molecule has 0 aliphatic heterocycles. The topological polar surface area (TPSA) is 83.0 Å². The van der Waals surface area contributed by atoms with Crippen molar-refractivity contribution < 1.29 is 13.9 Å². The maximum absolute atomic E-state index is 11.7. The van der Waals surface area contributed by atoms with Gasteiger partial charge in [-0.25, -0.2) is 19.4 Å². The minimum absolute atomic E-state index is 0.213. The normalized spacial score (nSPS) is 11.0. The van der Waals surface area contributed by atoms with Gasteiger partial charge < -0.3 is 9.15 Å². The van der Waals surface area contributed by atoms with Crippen molar-refractivity contribution >= 4 is 28.8 Å². The van der Waals surface area contributed by atoms with Crippen molar-refractivity contribution in [1.29, 1.82) is 0 Å². The van der Waals surface area contributed by atoms with Crippen LogP contribution >= 0.6 is 11.8 Å². The number of furan rings is 1. The van der Waals surface area contributed by atoms with Crippen LogP contribution in [0.2, 0.25) is 0 Å². The third-order valence-corrected chi connectivity index (χ3v) is 4.87. The fraction of sp³-hybridized carbons (Fsp3) is 0.111. The number of benzene rings is 1. The van der Waals surface area contributed by atoms with E-state index in [-0.39, 0.29) is 5.76 Å². The minimum Gasteiger partial charge on any atom is -0.463 e. The maximum Gasteiger partial charge on any atom is 0.374 e. The third kappa shape index (κ3) is 2.95. The van der Waals surface area contributed by atoms with E-state index in [1.54, 1.807) is 16.9 Å². The van der Waals surface area contributed by atoms with Gasteiger partial charge in [0.1, 0.15) is 11.4 Å². The summed E-state index contributed by atoms with van der Waals surface area (Å²) in [4.78, 5) is 20.4. The lowest BCUT2D eigenvalue weighted by atomic mass is 10.3. The Morgan fingerprint density at radius 2 is 2.08 bits per heavy atom. The molecular weight excluding hydrogens is 352 g/mol. The summed E-state index contributed by atoms with van der Waals surface area (Å²) >= 11 is 1.49. The molecule has 0 aliphatic rings. The number of methoxy groups -OCH3 is 1. The first-order valence-corrected chi connectivity index (χ1v) is 8.78. The highest BCUT2D eigenvalue weighted by molar-refractivity contribution is 7.98. The van der Waals surface area contributed by atoms with Crippen LogP contribution in [0.1, 0.15) is 16.1 Å². The van der Waals surface area contributed by atoms with Crippen LogP contribution < -0.4 is 0 Å². The van der Waals surface area contributed by atoms with E-state index in [9.17, 15) is 4.79 Å². The number of thioether (sulfide) groups is 1. The molecular formula is C18H14N4O3S. The lowest BCUT2D eigenvalue weighted by Gasteiger charge is -2.04. The van der Waals surface area contributed by atoms with E-state index in [1.807, 2.05) is 30.3 Å². The Hall–Kier alpha value is -3.13. The number of carbonyl (C=O) groups excluding carboxylic acids is 1. The maximum atomic E-state index is 11.7. The van der Waals surface area contributed by atoms with Crippen molar-refractivity contribution in [3.63, 3.8) is 0 Å². The Morgan fingerprint density at radius 1 is 1.23 bits per heavy atom. The summed E-state index contributed by atoms with van der Waals surface area (Å²) in [5.74, 6) is 0.240. The molecule has 7 nitrogen and oxygen atoms in total. The number of hydrogen-bond acceptors (Lipinski definition) is 7. The standard InChI is InChI=1S/C18H14N4O3S/c1-24-18(23)15-12(7-8-25-15)10-26-17-14-9-21-22(16(14)19-11-20-17)13-5-3-2-4-6-13/h2-9,11H,10H2,1H3. The largest absolute Gasteiger partial charge is 0.463 e. The predicted molar refractivity (Wildman–Crippen MR) is 96.3 cm³/mol. The highest BCUT2D eigenvalue weighted by atomic mass is 32.2. The Labute approximate surface area is 153 Å². The minimum atomic E-state index is -0.490. The summed E-state index contributed by atoms with van der Waals surface area (Å²) < 4.78 is 11.7. The van der Waals surface area contributed by atoms with Gasteiger partial charge in [-0.15, -0.1) is 11.8 Å². The number of aromatic nitrogens is 4. The van der Waals surface area contributed by atoms with Crippen LogP contribution in [0.25, 0.3) is 16.7 Å². The number of fused-ring (bicyclic) bond motifs is 1. The molecule has 4 aromatic rings. The second-order valence-electron chi connectivity index (χ2n) is 5.36. The molecule has 0 bridgehead atoms. The molecule has 0 radical (unpaired) electrons. The van der Waals surface area contributed by atoms with Gasteiger partial charge in [0.15, 0.2) is 5.65 Å². The molecule has 3 heterocycles. The van der Waals surface area contributed by atoms with Crippen LogP contribution in [0.5, 0.6) is 0 Å². The zero-order valence-corrected chi connectivity index (χ0v) is 14.6. The monoisotopic (exact) mass is 366 g/mol. The molecule has 0 N–H and O–H groups in total. The first-order valence-electron chi connectivity index (χ1n) is 7.79. The van der Waals surface area contributed by atoms with Crippen molar-refractivity contribution in [2.45, 2.75) is 10.8 Å². The van der Waals surface area contributed by atoms with E-state index < -0.39 is 5.97 Å². The van der Waals surface area contributed by atoms with E-state index in [2.05, 4.69) is 15.1 Å². The summed E-state index contributed by atoms with van der Waals surface area (Å²) in [6.45, 7) is 0. The van der Waals surface area contributed by atoms with Crippen molar-refractivity contribution in [3.05, 3.63) is 66.5 Å². The summed E-state index contributed by atoms with van der Waals surface area (Å²) in [7, 11) is 1.33. The van der Waals surface area contributed by atoms with Crippen molar-refractivity contribution in [1.82, 2.24) is 19.7 Å². The van der Waals surface area contributed by atoms with Gasteiger partial charge in [0.25, 0.3) is 0 Å². The average molecular weight is 366 g/mol. The molecule has 3 aromatic heterocycles. The van der Waals surface area contributed by atoms with Gasteiger partial charge in [0.2, 0.25) is 5.76 Å². The van der Waals surface area contributed by atoms with Gasteiger partial charge in [-0.05, 0) is 18.2 Å². The first-order chi connectivity index (χ1) is 12.8. The summed E-state index contributed by atoms with van der Waals surface area (Å²) in [6, 6.07) is 11.5. The lowest BCUT2D eigenvalue weighted by molar-refractivity contribution is 0.0564. The number of nitrogens with zero attached hydrogens (tertiary/aromatic N) is 4. The molecule has 0 fully saturated rings. The fourth-order valence-electron chi connectivity index (χ4n) is 2.56. The SMILES string of the molecule is COC(=O)c1occc1CSc1ncnc2c1cnn2-c1ccccc1. The zero-order valence-electron chi connectivity index (χ0n) is 13.8. The Balaban J connectivity index is 1.63. The summed E-state index contributed by atoms with van der Waals surface area (Å²) in [5.41, 5.74) is 2.41. The highest BCUT2D eigenvalue weighted by Crippen LogP contribution is 2.29. The zero-order chi connectivity index (χ0) is 17.9. The van der Waals surface area contributed by atoms with Crippen LogP contribution in [0.3, 0.4) is 0 Å². The van der Waals surface area contributed by atoms with Gasteiger partial charge >= 0.3 is 5.97 Å². The summed E-state index contributed by atoms with van der Waals surface area (Å²) in [5, 5.41) is 6.08. The van der Waals surface area contributed by atoms with Crippen molar-refractivity contribution in [3.8, 4) is 5.69 Å². The molecule has 0 spiro atoms. The number of para-hydroxylation sites is 1. The van der Waals surface area contributed by atoms with Gasteiger partial charge in [-0.3, -0.25) is 0 Å². The predicted octanol–water partition coefficient (Wildman–Crippen LogP) is 3.49. The lowest BCUT2D eigenvalue weighted by Crippen LogP contribution is -2.02. The molecule has 0 amide bonds. The summed E-state index contributed by atoms with van der Waals surface area (Å²) in [6.07, 6.45) is 4.74. The number of hydrogen-bond donors (Lipinski definition) is 0. The van der Waals surface area contributed by atoms with Gasteiger partial charge in [-0.2, -0.15) is 5.10 Å². The molecule has 130 valence electrons. The van der Waals surface area contributed by atoms with Gasteiger partial charge in [-0.1, -0.05) is 18.2 Å². The van der Waals surface area contributed by atoms with Crippen molar-refractivity contribution in [2.75, 3.05) is 7.11 Å². The highest BCUT2D eigenvalue weighted by Gasteiger charge is 2.17. The third-order valence-electron chi connectivity index (χ3n) is 3.81. The number of rotatable bonds is 5. The molecule has 26 heavy (non-hydrogen) atoms. The van der Waals surface area contributed by atoms with E-state index >= 15 is 0 Å². The van der Waals surface area contributed by atoms with Crippen LogP contribution in [0.4, 0.5) is 0 Å². The molecule has 0 saturated heterocycles. The van der Waals surface area contributed by atoms with Gasteiger partial charge in [0.05, 0.1) is 30.6 Å². The number of carbonyl (C=O) groups is 1. The second-order valence-corrected chi connectivity index (χ2v) is 6.33. The Kier molecular flexibility index (Phi) is 4.40. The second kappa shape index (κ2) is 7.01. The van der Waals surface area contributed by atoms with Crippen LogP contribution in [-0.2, 0) is 10.5 Å². The van der Waals surface area contributed by atoms with Crippen LogP contribution in [0, 0.1) is 0 Å². The molecule has 8 heteroatoms. The molecule has 1 aromatic carbocycles. The number of ether oxygens (including phenoxy) is 1. The van der Waals surface area contributed by atoms with E-state index in [4.69, 9.17) is 9.15 Å². The number of esters is 1.